The van der Waals surface area contributed by atoms with Crippen molar-refractivity contribution < 1.29 is 0 Å². The third-order valence-corrected chi connectivity index (χ3v) is 6.79. The van der Waals surface area contributed by atoms with Gasteiger partial charge in [0, 0.05) is 42.1 Å². The number of aryl methyl sites for hydroxylation is 3. The number of fused-ring (bicyclic) bond motifs is 1. The topological polar surface area (TPSA) is 59.0 Å². The predicted octanol–water partition coefficient (Wildman–Crippen LogP) is 4.82. The van der Waals surface area contributed by atoms with Crippen molar-refractivity contribution in [2.24, 2.45) is 7.05 Å². The lowest BCUT2D eigenvalue weighted by Gasteiger charge is -2.15. The van der Waals surface area contributed by atoms with E-state index in [9.17, 15) is 4.79 Å². The summed E-state index contributed by atoms with van der Waals surface area (Å²) in [6.45, 7) is 6.35. The molecular weight excluding hydrogens is 380 g/mol. The zero-order chi connectivity index (χ0) is 20.5. The highest BCUT2D eigenvalue weighted by atomic mass is 32.1. The van der Waals surface area contributed by atoms with Gasteiger partial charge < -0.3 is 15.2 Å². The first-order valence-electron chi connectivity index (χ1n) is 9.91. The predicted molar refractivity (Wildman–Crippen MR) is 123 cm³/mol. The fourth-order valence-corrected chi connectivity index (χ4v) is 4.99. The van der Waals surface area contributed by atoms with Crippen LogP contribution in [-0.2, 0) is 19.9 Å². The van der Waals surface area contributed by atoms with Crippen LogP contribution in [0.25, 0.3) is 17.0 Å². The van der Waals surface area contributed by atoms with Crippen molar-refractivity contribution in [2.75, 3.05) is 17.7 Å². The third-order valence-electron chi connectivity index (χ3n) is 5.50. The van der Waals surface area contributed by atoms with Crippen molar-refractivity contribution in [1.29, 1.82) is 0 Å². The number of thiophene rings is 1. The first kappa shape index (κ1) is 19.5. The van der Waals surface area contributed by atoms with Crippen molar-refractivity contribution in [3.05, 3.63) is 68.3 Å². The minimum absolute atomic E-state index is 0.141. The maximum Gasteiger partial charge on any atom is 0.293 e. The van der Waals surface area contributed by atoms with Gasteiger partial charge in [-0.1, -0.05) is 18.7 Å². The molecule has 0 saturated carbocycles. The molecule has 0 spiro atoms. The van der Waals surface area contributed by atoms with Gasteiger partial charge in [-0.05, 0) is 55.9 Å². The Morgan fingerprint density at radius 1 is 1.28 bits per heavy atom. The van der Waals surface area contributed by atoms with Gasteiger partial charge in [-0.15, -0.1) is 11.3 Å². The summed E-state index contributed by atoms with van der Waals surface area (Å²) in [6, 6.07) is 8.38. The monoisotopic (exact) mass is 406 g/mol. The summed E-state index contributed by atoms with van der Waals surface area (Å²) in [5.41, 5.74) is 6.09. The van der Waals surface area contributed by atoms with E-state index in [1.54, 1.807) is 24.9 Å². The van der Waals surface area contributed by atoms with Crippen molar-refractivity contribution >= 4 is 28.5 Å². The summed E-state index contributed by atoms with van der Waals surface area (Å²) in [5, 5.41) is 6.39. The van der Waals surface area contributed by atoms with Gasteiger partial charge in [0.1, 0.15) is 0 Å². The smallest absolute Gasteiger partial charge is 0.293 e. The lowest BCUT2D eigenvalue weighted by molar-refractivity contribution is 0.697. The van der Waals surface area contributed by atoms with Crippen molar-refractivity contribution in [3.63, 3.8) is 0 Å². The van der Waals surface area contributed by atoms with Crippen LogP contribution >= 0.6 is 11.3 Å². The highest BCUT2D eigenvalue weighted by Gasteiger charge is 2.16. The molecule has 1 aliphatic rings. The first-order valence-corrected chi connectivity index (χ1v) is 10.7. The molecule has 2 heterocycles. The Balaban J connectivity index is 1.65. The zero-order valence-corrected chi connectivity index (χ0v) is 17.9. The van der Waals surface area contributed by atoms with Crippen LogP contribution in [-0.4, -0.2) is 16.6 Å². The Hall–Kier alpha value is -2.86. The summed E-state index contributed by atoms with van der Waals surface area (Å²) in [7, 11) is 3.45. The average molecular weight is 407 g/mol. The normalized spacial score (nSPS) is 13.1. The minimum Gasteiger partial charge on any atom is -0.369 e. The Bertz CT molecular complexity index is 1120. The second kappa shape index (κ2) is 7.87. The molecule has 3 aromatic rings. The zero-order valence-electron chi connectivity index (χ0n) is 17.1. The summed E-state index contributed by atoms with van der Waals surface area (Å²) in [4.78, 5) is 19.4. The van der Waals surface area contributed by atoms with Crippen LogP contribution in [0.5, 0.6) is 0 Å². The van der Waals surface area contributed by atoms with Crippen LogP contribution in [0.1, 0.15) is 33.7 Å². The van der Waals surface area contributed by atoms with Crippen LogP contribution in [0.4, 0.5) is 11.5 Å². The lowest BCUT2D eigenvalue weighted by Crippen LogP contribution is -2.21. The molecule has 0 amide bonds. The molecule has 6 heteroatoms. The molecule has 29 heavy (non-hydrogen) atoms. The van der Waals surface area contributed by atoms with Gasteiger partial charge in [-0.25, -0.2) is 4.98 Å². The maximum absolute atomic E-state index is 12.1. The molecule has 150 valence electrons. The molecule has 0 saturated heterocycles. The van der Waals surface area contributed by atoms with Crippen molar-refractivity contribution in [1.82, 2.24) is 9.55 Å². The molecule has 4 rings (SSSR count). The summed E-state index contributed by atoms with van der Waals surface area (Å²) >= 11 is 1.86. The molecule has 0 unspecified atom stereocenters. The fourth-order valence-electron chi connectivity index (χ4n) is 3.81. The van der Waals surface area contributed by atoms with E-state index in [2.05, 4.69) is 41.3 Å². The van der Waals surface area contributed by atoms with E-state index in [1.165, 1.54) is 41.0 Å². The largest absolute Gasteiger partial charge is 0.369 e. The molecule has 1 aliphatic carbocycles. The van der Waals surface area contributed by atoms with Gasteiger partial charge in [-0.2, -0.15) is 0 Å². The second-order valence-electron chi connectivity index (χ2n) is 7.49. The summed E-state index contributed by atoms with van der Waals surface area (Å²) in [5.74, 6) is 0.344. The molecule has 1 aromatic carbocycles. The van der Waals surface area contributed by atoms with E-state index < -0.39 is 0 Å². The van der Waals surface area contributed by atoms with Gasteiger partial charge in [0.2, 0.25) is 0 Å². The Morgan fingerprint density at radius 3 is 2.83 bits per heavy atom. The molecule has 2 aromatic heterocycles. The van der Waals surface area contributed by atoms with Crippen LogP contribution in [0.3, 0.4) is 0 Å². The second-order valence-corrected chi connectivity index (χ2v) is 8.63. The number of aromatic nitrogens is 2. The Morgan fingerprint density at radius 2 is 2.07 bits per heavy atom. The number of benzene rings is 1. The Labute approximate surface area is 175 Å². The van der Waals surface area contributed by atoms with Gasteiger partial charge in [0.25, 0.3) is 5.56 Å². The molecule has 0 radical (unpaired) electrons. The van der Waals surface area contributed by atoms with E-state index >= 15 is 0 Å². The molecule has 5 nitrogen and oxygen atoms in total. The number of rotatable bonds is 5. The average Bonchev–Trinajstić information content (AvgIpc) is 3.16. The van der Waals surface area contributed by atoms with Gasteiger partial charge in [-0.3, -0.25) is 4.79 Å². The molecule has 0 fully saturated rings. The molecule has 0 bridgehead atoms. The van der Waals surface area contributed by atoms with Crippen LogP contribution in [0.15, 0.2) is 41.8 Å². The SMILES string of the molecule is C=C(Nc1cccc(-c2cn(C)c(=O)c(NC)n2)c1C)c1cc2c(s1)CCCC2. The van der Waals surface area contributed by atoms with Crippen LogP contribution in [0.2, 0.25) is 0 Å². The number of nitrogens with zero attached hydrogens (tertiary/aromatic N) is 2. The fraction of sp³-hybridized carbons (Fsp3) is 0.304. The van der Waals surface area contributed by atoms with E-state index in [-0.39, 0.29) is 5.56 Å². The molecule has 0 aliphatic heterocycles. The summed E-state index contributed by atoms with van der Waals surface area (Å²) in [6.07, 6.45) is 6.71. The maximum atomic E-state index is 12.1. The van der Waals surface area contributed by atoms with Crippen LogP contribution < -0.4 is 16.2 Å². The molecule has 0 atom stereocenters. The number of hydrogen-bond donors (Lipinski definition) is 2. The molecule has 2 N–H and O–H groups in total. The lowest BCUT2D eigenvalue weighted by atomic mass is 9.99. The third kappa shape index (κ3) is 3.72. The van der Waals surface area contributed by atoms with Crippen molar-refractivity contribution in [3.8, 4) is 11.3 Å². The van der Waals surface area contributed by atoms with Gasteiger partial charge in [0.05, 0.1) is 10.6 Å². The van der Waals surface area contributed by atoms with Crippen LogP contribution in [0, 0.1) is 6.92 Å². The van der Waals surface area contributed by atoms with Crippen molar-refractivity contribution in [2.45, 2.75) is 32.6 Å². The minimum atomic E-state index is -0.141. The van der Waals surface area contributed by atoms with E-state index in [0.29, 0.717) is 5.82 Å². The van der Waals surface area contributed by atoms with E-state index in [4.69, 9.17) is 0 Å². The molecular formula is C23H26N4OS. The highest BCUT2D eigenvalue weighted by molar-refractivity contribution is 7.13. The summed E-state index contributed by atoms with van der Waals surface area (Å²) < 4.78 is 1.56. The Kier molecular flexibility index (Phi) is 5.28. The van der Waals surface area contributed by atoms with E-state index in [1.807, 2.05) is 23.5 Å². The van der Waals surface area contributed by atoms with Gasteiger partial charge >= 0.3 is 0 Å². The van der Waals surface area contributed by atoms with E-state index in [0.717, 1.165) is 28.2 Å². The number of anilines is 2. The van der Waals surface area contributed by atoms with Gasteiger partial charge in [0.15, 0.2) is 5.82 Å². The number of hydrogen-bond acceptors (Lipinski definition) is 5. The first-order chi connectivity index (χ1) is 14.0. The standard InChI is InChI=1S/C23H26N4OS/c1-14-17(19-13-27(4)23(28)22(24-3)26-19)9-7-10-18(14)25-15(2)21-12-16-8-5-6-11-20(16)29-21/h7,9-10,12-13,25H,2,5-6,8,11H2,1,3-4H3,(H,24,26). The number of nitrogens with one attached hydrogen (secondary N) is 2. The highest BCUT2D eigenvalue weighted by Crippen LogP contribution is 2.34. The quantitative estimate of drug-likeness (QED) is 0.638.